The molecule has 0 spiro atoms. The van der Waals surface area contributed by atoms with Crippen molar-refractivity contribution in [2.45, 2.75) is 26.4 Å². The fourth-order valence-corrected chi connectivity index (χ4v) is 3.95. The first-order chi connectivity index (χ1) is 18.1. The van der Waals surface area contributed by atoms with E-state index in [2.05, 4.69) is 0 Å². The number of benzene rings is 2. The van der Waals surface area contributed by atoms with E-state index in [1.807, 2.05) is 61.5 Å². The van der Waals surface area contributed by atoms with Crippen LogP contribution in [0.4, 0.5) is 0 Å². The van der Waals surface area contributed by atoms with E-state index in [1.165, 1.54) is 6.08 Å². The van der Waals surface area contributed by atoms with Crippen LogP contribution < -0.4 is 9.47 Å². The molecule has 0 aliphatic carbocycles. The molecule has 8 heteroatoms. The summed E-state index contributed by atoms with van der Waals surface area (Å²) in [5.74, 6) is 1.58. The molecule has 0 fully saturated rings. The molecule has 194 valence electrons. The predicted octanol–water partition coefficient (Wildman–Crippen LogP) is 4.51. The normalized spacial score (nSPS) is 12.1. The molecular weight excluding hydrogens is 472 g/mol. The van der Waals surface area contributed by atoms with Crippen LogP contribution in [0, 0.1) is 0 Å². The van der Waals surface area contributed by atoms with Gasteiger partial charge in [0.25, 0.3) is 0 Å². The molecule has 1 aliphatic heterocycles. The molecule has 0 saturated carbocycles. The predicted molar refractivity (Wildman–Crippen MR) is 139 cm³/mol. The first-order valence-corrected chi connectivity index (χ1v) is 12.4. The second-order valence-corrected chi connectivity index (χ2v) is 8.57. The van der Waals surface area contributed by atoms with E-state index in [0.29, 0.717) is 50.0 Å². The number of hydrogen-bond donors (Lipinski definition) is 0. The minimum absolute atomic E-state index is 0.0602. The van der Waals surface area contributed by atoms with Gasteiger partial charge < -0.3 is 28.4 Å². The number of nitrogens with zero attached hydrogens (tertiary/aromatic N) is 2. The van der Waals surface area contributed by atoms with Crippen LogP contribution in [0.5, 0.6) is 11.5 Å². The summed E-state index contributed by atoms with van der Waals surface area (Å²) in [6, 6.07) is 18.8. The second-order valence-electron chi connectivity index (χ2n) is 8.57. The molecule has 2 heterocycles. The van der Waals surface area contributed by atoms with Crippen molar-refractivity contribution in [1.82, 2.24) is 9.80 Å². The van der Waals surface area contributed by atoms with Crippen LogP contribution in [0.25, 0.3) is 6.08 Å². The van der Waals surface area contributed by atoms with Crippen LogP contribution in [0.15, 0.2) is 77.4 Å². The smallest absolute Gasteiger partial charge is 0.247 e. The molecule has 0 unspecified atom stereocenters. The topological polar surface area (TPSA) is 81.5 Å². The van der Waals surface area contributed by atoms with Crippen LogP contribution in [0.2, 0.25) is 0 Å². The summed E-state index contributed by atoms with van der Waals surface area (Å²) >= 11 is 0. The van der Waals surface area contributed by atoms with Gasteiger partial charge in [0.1, 0.15) is 12.3 Å². The van der Waals surface area contributed by atoms with Crippen molar-refractivity contribution in [3.8, 4) is 11.5 Å². The number of rotatable bonds is 13. The van der Waals surface area contributed by atoms with Crippen LogP contribution in [-0.4, -0.2) is 54.7 Å². The lowest BCUT2D eigenvalue weighted by molar-refractivity contribution is -0.139. The highest BCUT2D eigenvalue weighted by Crippen LogP contribution is 2.33. The Morgan fingerprint density at radius 3 is 2.59 bits per heavy atom. The minimum atomic E-state index is -0.227. The van der Waals surface area contributed by atoms with Gasteiger partial charge in [-0.25, -0.2) is 0 Å². The fourth-order valence-electron chi connectivity index (χ4n) is 3.95. The largest absolute Gasteiger partial charge is 0.467 e. The highest BCUT2D eigenvalue weighted by Gasteiger charge is 2.22. The minimum Gasteiger partial charge on any atom is -0.467 e. The molecule has 2 aromatic carbocycles. The van der Waals surface area contributed by atoms with E-state index in [1.54, 1.807) is 28.2 Å². The standard InChI is InChI=1S/C29H32N2O6/c1-2-34-16-7-15-30(28(32)14-12-23-8-4-3-5-9-23)21-29(33)31(20-25-10-6-17-35-25)19-24-11-13-26-27(18-24)37-22-36-26/h3-6,8-14,17-18H,2,7,15-16,19-22H2,1H3/b14-12+. The summed E-state index contributed by atoms with van der Waals surface area (Å²) < 4.78 is 21.9. The Kier molecular flexibility index (Phi) is 9.37. The molecule has 0 bridgehead atoms. The third kappa shape index (κ3) is 7.72. The lowest BCUT2D eigenvalue weighted by Crippen LogP contribution is -2.42. The molecule has 1 aromatic heterocycles. The maximum atomic E-state index is 13.6. The van der Waals surface area contributed by atoms with E-state index in [4.69, 9.17) is 18.6 Å². The van der Waals surface area contributed by atoms with Crippen molar-refractivity contribution in [1.29, 1.82) is 0 Å². The first kappa shape index (κ1) is 26.0. The van der Waals surface area contributed by atoms with Gasteiger partial charge in [-0.3, -0.25) is 9.59 Å². The summed E-state index contributed by atoms with van der Waals surface area (Å²) in [5.41, 5.74) is 1.81. The number of hydrogen-bond acceptors (Lipinski definition) is 6. The van der Waals surface area contributed by atoms with Crippen molar-refractivity contribution >= 4 is 17.9 Å². The zero-order valence-corrected chi connectivity index (χ0v) is 21.0. The van der Waals surface area contributed by atoms with Gasteiger partial charge in [-0.15, -0.1) is 0 Å². The Bertz CT molecular complexity index is 1180. The van der Waals surface area contributed by atoms with Gasteiger partial charge in [-0.1, -0.05) is 36.4 Å². The molecule has 4 rings (SSSR count). The van der Waals surface area contributed by atoms with Gasteiger partial charge in [0.15, 0.2) is 11.5 Å². The molecule has 0 saturated heterocycles. The number of fused-ring (bicyclic) bond motifs is 1. The Morgan fingerprint density at radius 2 is 1.81 bits per heavy atom. The number of amides is 2. The highest BCUT2D eigenvalue weighted by atomic mass is 16.7. The van der Waals surface area contributed by atoms with Gasteiger partial charge in [0.2, 0.25) is 18.6 Å². The summed E-state index contributed by atoms with van der Waals surface area (Å²) in [6.45, 7) is 4.19. The lowest BCUT2D eigenvalue weighted by Gasteiger charge is -2.27. The number of ether oxygens (including phenoxy) is 3. The fraction of sp³-hybridized carbons (Fsp3) is 0.310. The number of carbonyl (C=O) groups is 2. The quantitative estimate of drug-likeness (QED) is 0.252. The zero-order valence-electron chi connectivity index (χ0n) is 21.0. The average Bonchev–Trinajstić information content (AvgIpc) is 3.61. The Hall–Kier alpha value is -4.04. The van der Waals surface area contributed by atoms with Crippen LogP contribution in [0.3, 0.4) is 0 Å². The first-order valence-electron chi connectivity index (χ1n) is 12.4. The molecule has 0 atom stereocenters. The second kappa shape index (κ2) is 13.3. The average molecular weight is 505 g/mol. The van der Waals surface area contributed by atoms with Gasteiger partial charge in [-0.2, -0.15) is 0 Å². The van der Waals surface area contributed by atoms with Gasteiger partial charge in [-0.05, 0) is 54.8 Å². The molecule has 1 aliphatic rings. The van der Waals surface area contributed by atoms with Crippen molar-refractivity contribution in [2.75, 3.05) is 33.1 Å². The molecule has 0 N–H and O–H groups in total. The Balaban J connectivity index is 1.48. The van der Waals surface area contributed by atoms with Crippen LogP contribution in [-0.2, 0) is 27.4 Å². The molecular formula is C29H32N2O6. The van der Waals surface area contributed by atoms with E-state index in [9.17, 15) is 9.59 Å². The molecule has 0 radical (unpaired) electrons. The maximum Gasteiger partial charge on any atom is 0.247 e. The Morgan fingerprint density at radius 1 is 0.973 bits per heavy atom. The molecule has 2 amide bonds. The lowest BCUT2D eigenvalue weighted by atomic mass is 10.1. The van der Waals surface area contributed by atoms with Crippen molar-refractivity contribution < 1.29 is 28.2 Å². The van der Waals surface area contributed by atoms with Gasteiger partial charge in [0, 0.05) is 32.4 Å². The van der Waals surface area contributed by atoms with Gasteiger partial charge >= 0.3 is 0 Å². The molecule has 37 heavy (non-hydrogen) atoms. The summed E-state index contributed by atoms with van der Waals surface area (Å²) in [5, 5.41) is 0. The number of carbonyl (C=O) groups excluding carboxylic acids is 2. The number of furan rings is 1. The summed E-state index contributed by atoms with van der Waals surface area (Å²) in [6.07, 6.45) is 5.48. The van der Waals surface area contributed by atoms with Gasteiger partial charge in [0.05, 0.1) is 12.8 Å². The van der Waals surface area contributed by atoms with E-state index in [0.717, 1.165) is 11.1 Å². The van der Waals surface area contributed by atoms with Crippen LogP contribution >= 0.6 is 0 Å². The maximum absolute atomic E-state index is 13.6. The highest BCUT2D eigenvalue weighted by molar-refractivity contribution is 5.94. The monoisotopic (exact) mass is 504 g/mol. The zero-order chi connectivity index (χ0) is 25.9. The van der Waals surface area contributed by atoms with Crippen LogP contribution in [0.1, 0.15) is 30.2 Å². The SMILES string of the molecule is CCOCCCN(CC(=O)N(Cc1ccc2c(c1)OCO2)Cc1ccco1)C(=O)/C=C/c1ccccc1. The van der Waals surface area contributed by atoms with Crippen molar-refractivity contribution in [2.24, 2.45) is 0 Å². The van der Waals surface area contributed by atoms with E-state index < -0.39 is 0 Å². The van der Waals surface area contributed by atoms with E-state index in [-0.39, 0.29) is 31.7 Å². The third-order valence-electron chi connectivity index (χ3n) is 5.87. The Labute approximate surface area is 217 Å². The van der Waals surface area contributed by atoms with Crippen molar-refractivity contribution in [3.05, 3.63) is 89.9 Å². The van der Waals surface area contributed by atoms with E-state index >= 15 is 0 Å². The summed E-state index contributed by atoms with van der Waals surface area (Å²) in [7, 11) is 0. The molecule has 3 aromatic rings. The molecule has 8 nitrogen and oxygen atoms in total. The third-order valence-corrected chi connectivity index (χ3v) is 5.87. The summed E-state index contributed by atoms with van der Waals surface area (Å²) in [4.78, 5) is 29.9. The van der Waals surface area contributed by atoms with Crippen molar-refractivity contribution in [3.63, 3.8) is 0 Å².